The van der Waals surface area contributed by atoms with E-state index in [0.717, 1.165) is 11.8 Å². The number of hydrogen-bond donors (Lipinski definition) is 1. The molecule has 0 aliphatic heterocycles. The molecule has 0 saturated carbocycles. The van der Waals surface area contributed by atoms with Crippen molar-refractivity contribution in [2.75, 3.05) is 11.1 Å². The molecule has 2 aromatic carbocycles. The summed E-state index contributed by atoms with van der Waals surface area (Å²) in [7, 11) is 0. The lowest BCUT2D eigenvalue weighted by Gasteiger charge is -2.07. The monoisotopic (exact) mass is 347 g/mol. The number of nitrogens with zero attached hydrogens (tertiary/aromatic N) is 4. The van der Waals surface area contributed by atoms with Crippen LogP contribution in [0.1, 0.15) is 0 Å². The van der Waals surface area contributed by atoms with Gasteiger partial charge in [0.2, 0.25) is 11.1 Å². The van der Waals surface area contributed by atoms with Gasteiger partial charge < -0.3 is 5.32 Å². The molecule has 0 spiro atoms. The summed E-state index contributed by atoms with van der Waals surface area (Å²) in [4.78, 5) is 11.9. The van der Waals surface area contributed by atoms with Gasteiger partial charge in [-0.3, -0.25) is 4.79 Å². The summed E-state index contributed by atoms with van der Waals surface area (Å²) in [6.07, 6.45) is 0. The van der Waals surface area contributed by atoms with Crippen molar-refractivity contribution in [2.45, 2.75) is 5.16 Å². The highest BCUT2D eigenvalue weighted by atomic mass is 32.2. The van der Waals surface area contributed by atoms with E-state index in [4.69, 9.17) is 0 Å². The van der Waals surface area contributed by atoms with Gasteiger partial charge in [-0.05, 0) is 34.7 Å². The van der Waals surface area contributed by atoms with Crippen molar-refractivity contribution in [1.29, 1.82) is 0 Å². The van der Waals surface area contributed by atoms with Gasteiger partial charge in [0.1, 0.15) is 17.3 Å². The number of para-hydroxylation sites is 2. The Labute approximate surface area is 139 Å². The molecule has 0 aliphatic rings. The van der Waals surface area contributed by atoms with Crippen LogP contribution in [0.5, 0.6) is 0 Å². The van der Waals surface area contributed by atoms with Crippen molar-refractivity contribution in [3.8, 4) is 5.69 Å². The minimum absolute atomic E-state index is 0.0524. The first kappa shape index (κ1) is 16.1. The number of rotatable bonds is 5. The number of carbonyl (C=O) groups is 1. The van der Waals surface area contributed by atoms with Crippen molar-refractivity contribution >= 4 is 23.4 Å². The number of tetrazole rings is 1. The molecule has 1 amide bonds. The van der Waals surface area contributed by atoms with Gasteiger partial charge in [0.15, 0.2) is 0 Å². The highest BCUT2D eigenvalue weighted by Crippen LogP contribution is 2.20. The Morgan fingerprint density at radius 3 is 2.54 bits per heavy atom. The Hall–Kier alpha value is -2.81. The molecule has 0 radical (unpaired) electrons. The van der Waals surface area contributed by atoms with Crippen molar-refractivity contribution in [3.63, 3.8) is 0 Å². The molecule has 122 valence electrons. The zero-order chi connectivity index (χ0) is 16.9. The molecule has 0 saturated heterocycles. The fourth-order valence-electron chi connectivity index (χ4n) is 1.92. The van der Waals surface area contributed by atoms with Gasteiger partial charge in [0.25, 0.3) is 0 Å². The van der Waals surface area contributed by atoms with Crippen molar-refractivity contribution in [1.82, 2.24) is 20.2 Å². The maximum atomic E-state index is 13.8. The van der Waals surface area contributed by atoms with Crippen LogP contribution in [0.25, 0.3) is 5.69 Å². The van der Waals surface area contributed by atoms with Crippen LogP contribution in [0.4, 0.5) is 14.5 Å². The van der Waals surface area contributed by atoms with Gasteiger partial charge in [0.05, 0.1) is 11.4 Å². The van der Waals surface area contributed by atoms with E-state index >= 15 is 0 Å². The molecule has 0 aliphatic carbocycles. The average molecular weight is 347 g/mol. The third-order valence-corrected chi connectivity index (χ3v) is 3.92. The summed E-state index contributed by atoms with van der Waals surface area (Å²) >= 11 is 1.02. The predicted octanol–water partition coefficient (Wildman–Crippen LogP) is 2.67. The molecule has 1 heterocycles. The number of benzene rings is 2. The predicted molar refractivity (Wildman–Crippen MR) is 84.9 cm³/mol. The summed E-state index contributed by atoms with van der Waals surface area (Å²) in [5.74, 6) is -1.48. The average Bonchev–Trinajstić information content (AvgIpc) is 3.04. The second-order valence-electron chi connectivity index (χ2n) is 4.64. The lowest BCUT2D eigenvalue weighted by molar-refractivity contribution is -0.113. The van der Waals surface area contributed by atoms with Crippen LogP contribution in [-0.2, 0) is 4.79 Å². The first-order chi connectivity index (χ1) is 11.6. The number of halogens is 2. The van der Waals surface area contributed by atoms with Crippen LogP contribution >= 0.6 is 11.8 Å². The Morgan fingerprint density at radius 2 is 1.79 bits per heavy atom. The Bertz CT molecular complexity index is 870. The number of hydrogen-bond acceptors (Lipinski definition) is 5. The van der Waals surface area contributed by atoms with Gasteiger partial charge in [-0.2, -0.15) is 4.68 Å². The van der Waals surface area contributed by atoms with Gasteiger partial charge in [-0.25, -0.2) is 8.78 Å². The summed E-state index contributed by atoms with van der Waals surface area (Å²) in [6, 6.07) is 11.9. The van der Waals surface area contributed by atoms with E-state index in [1.807, 2.05) is 0 Å². The molecule has 0 fully saturated rings. The molecule has 3 aromatic rings. The normalized spacial score (nSPS) is 10.6. The molecular weight excluding hydrogens is 336 g/mol. The summed E-state index contributed by atoms with van der Waals surface area (Å²) in [5.41, 5.74) is 0.274. The van der Waals surface area contributed by atoms with E-state index in [9.17, 15) is 13.6 Å². The Balaban J connectivity index is 1.68. The van der Waals surface area contributed by atoms with Gasteiger partial charge in [-0.15, -0.1) is 5.10 Å². The number of anilines is 1. The highest BCUT2D eigenvalue weighted by Gasteiger charge is 2.14. The Kier molecular flexibility index (Phi) is 4.80. The summed E-state index contributed by atoms with van der Waals surface area (Å²) < 4.78 is 28.5. The van der Waals surface area contributed by atoms with Gasteiger partial charge in [-0.1, -0.05) is 36.0 Å². The zero-order valence-corrected chi connectivity index (χ0v) is 13.0. The molecule has 3 rings (SSSR count). The second kappa shape index (κ2) is 7.18. The maximum Gasteiger partial charge on any atom is 0.234 e. The van der Waals surface area contributed by atoms with Crippen LogP contribution in [-0.4, -0.2) is 31.9 Å². The highest BCUT2D eigenvalue weighted by molar-refractivity contribution is 7.99. The fourth-order valence-corrected chi connectivity index (χ4v) is 2.61. The van der Waals surface area contributed by atoms with Crippen LogP contribution in [0.15, 0.2) is 53.7 Å². The smallest absolute Gasteiger partial charge is 0.234 e. The van der Waals surface area contributed by atoms with Crippen LogP contribution < -0.4 is 5.32 Å². The van der Waals surface area contributed by atoms with E-state index in [0.29, 0.717) is 0 Å². The SMILES string of the molecule is O=C(CSc1nnnn1-c1ccccc1F)Nc1ccccc1F. The number of nitrogens with one attached hydrogen (secondary N) is 1. The molecule has 24 heavy (non-hydrogen) atoms. The molecule has 0 bridgehead atoms. The molecule has 6 nitrogen and oxygen atoms in total. The van der Waals surface area contributed by atoms with Crippen molar-refractivity contribution < 1.29 is 13.6 Å². The minimum atomic E-state index is -0.521. The van der Waals surface area contributed by atoms with Gasteiger partial charge >= 0.3 is 0 Å². The topological polar surface area (TPSA) is 72.7 Å². The maximum absolute atomic E-state index is 13.8. The molecule has 1 N–H and O–H groups in total. The lowest BCUT2D eigenvalue weighted by Crippen LogP contribution is -2.15. The molecule has 0 unspecified atom stereocenters. The quantitative estimate of drug-likeness (QED) is 0.719. The molecule has 9 heteroatoms. The van der Waals surface area contributed by atoms with Gasteiger partial charge in [0, 0.05) is 0 Å². The number of carbonyl (C=O) groups excluding carboxylic acids is 1. The van der Waals surface area contributed by atoms with Crippen molar-refractivity contribution in [2.24, 2.45) is 0 Å². The lowest BCUT2D eigenvalue weighted by atomic mass is 10.3. The number of aromatic nitrogens is 4. The Morgan fingerprint density at radius 1 is 1.08 bits per heavy atom. The van der Waals surface area contributed by atoms with Crippen LogP contribution in [0.2, 0.25) is 0 Å². The first-order valence-corrected chi connectivity index (χ1v) is 7.84. The first-order valence-electron chi connectivity index (χ1n) is 6.85. The largest absolute Gasteiger partial charge is 0.323 e. The third kappa shape index (κ3) is 3.57. The van der Waals surface area contributed by atoms with E-state index in [-0.39, 0.29) is 22.3 Å². The van der Waals surface area contributed by atoms with E-state index in [1.165, 1.54) is 35.0 Å². The standard InChI is InChI=1S/C15H11F2N5OS/c16-10-5-1-3-7-12(10)18-14(23)9-24-15-19-20-21-22(15)13-8-4-2-6-11(13)17/h1-8H,9H2,(H,18,23). The number of amides is 1. The van der Waals surface area contributed by atoms with Crippen LogP contribution in [0.3, 0.4) is 0 Å². The van der Waals surface area contributed by atoms with E-state index < -0.39 is 17.5 Å². The number of thioether (sulfide) groups is 1. The van der Waals surface area contributed by atoms with E-state index in [2.05, 4.69) is 20.8 Å². The van der Waals surface area contributed by atoms with Crippen molar-refractivity contribution in [3.05, 3.63) is 60.2 Å². The third-order valence-electron chi connectivity index (χ3n) is 3.00. The minimum Gasteiger partial charge on any atom is -0.323 e. The summed E-state index contributed by atoms with van der Waals surface area (Å²) in [6.45, 7) is 0. The van der Waals surface area contributed by atoms with Crippen LogP contribution in [0, 0.1) is 11.6 Å². The molecule has 1 aromatic heterocycles. The molecular formula is C15H11F2N5OS. The zero-order valence-electron chi connectivity index (χ0n) is 12.2. The second-order valence-corrected chi connectivity index (χ2v) is 5.58. The van der Waals surface area contributed by atoms with E-state index in [1.54, 1.807) is 18.2 Å². The fraction of sp³-hybridized carbons (Fsp3) is 0.0667. The molecule has 0 atom stereocenters. The summed E-state index contributed by atoms with van der Waals surface area (Å²) in [5, 5.41) is 13.7.